The fraction of sp³-hybridized carbons (Fsp3) is 0. The number of sulfonamides is 1. The van der Waals surface area contributed by atoms with Gasteiger partial charge in [-0.2, -0.15) is 0 Å². The van der Waals surface area contributed by atoms with Crippen LogP contribution in [0.25, 0.3) is 16.8 Å². The van der Waals surface area contributed by atoms with E-state index in [0.717, 1.165) is 22.1 Å². The predicted octanol–water partition coefficient (Wildman–Crippen LogP) is 4.66. The van der Waals surface area contributed by atoms with Crippen LogP contribution in [0.2, 0.25) is 0 Å². The van der Waals surface area contributed by atoms with Crippen molar-refractivity contribution in [1.82, 2.24) is 4.98 Å². The zero-order valence-electron chi connectivity index (χ0n) is 16.8. The van der Waals surface area contributed by atoms with Crippen molar-refractivity contribution in [3.05, 3.63) is 94.0 Å². The van der Waals surface area contributed by atoms with Gasteiger partial charge in [-0.05, 0) is 47.9 Å². The maximum atomic E-state index is 12.7. The van der Waals surface area contributed by atoms with Gasteiger partial charge in [0.15, 0.2) is 0 Å². The molecule has 0 fully saturated rings. The molecule has 0 atom stereocenters. The molecule has 0 radical (unpaired) electrons. The van der Waals surface area contributed by atoms with Gasteiger partial charge in [0.05, 0.1) is 9.82 Å². The largest absolute Gasteiger partial charge is 0.324 e. The molecule has 1 amide bonds. The van der Waals surface area contributed by atoms with Crippen LogP contribution >= 0.6 is 11.3 Å². The van der Waals surface area contributed by atoms with Crippen LogP contribution in [0.15, 0.2) is 83.9 Å². The molecule has 0 aliphatic carbocycles. The summed E-state index contributed by atoms with van der Waals surface area (Å²) in [5.74, 6) is -0.259. The first-order valence-electron chi connectivity index (χ1n) is 9.51. The van der Waals surface area contributed by atoms with Crippen molar-refractivity contribution in [2.24, 2.45) is 0 Å². The zero-order valence-corrected chi connectivity index (χ0v) is 18.5. The second-order valence-corrected chi connectivity index (χ2v) is 9.58. The first-order valence-corrected chi connectivity index (χ1v) is 11.8. The van der Waals surface area contributed by atoms with Gasteiger partial charge in [0.1, 0.15) is 5.82 Å². The van der Waals surface area contributed by atoms with Crippen LogP contribution in [0.1, 0.15) is 4.88 Å². The number of benzene rings is 2. The number of carbonyl (C=O) groups is 1. The van der Waals surface area contributed by atoms with Gasteiger partial charge in [0, 0.05) is 34.3 Å². The van der Waals surface area contributed by atoms with Crippen LogP contribution in [0.3, 0.4) is 0 Å². The molecule has 0 saturated carbocycles. The van der Waals surface area contributed by atoms with E-state index in [2.05, 4.69) is 15.0 Å². The highest BCUT2D eigenvalue weighted by molar-refractivity contribution is 7.92. The Hall–Kier alpha value is -4.09. The lowest BCUT2D eigenvalue weighted by Gasteiger charge is -2.09. The minimum absolute atomic E-state index is 0.0110. The number of pyridine rings is 1. The molecule has 2 N–H and O–H groups in total. The molecule has 2 heterocycles. The van der Waals surface area contributed by atoms with Gasteiger partial charge in [-0.1, -0.05) is 35.6 Å². The fourth-order valence-electron chi connectivity index (χ4n) is 2.93. The number of fused-ring (bicyclic) bond motifs is 1. The summed E-state index contributed by atoms with van der Waals surface area (Å²) in [6.45, 7) is 0. The number of hydrogen-bond donors (Lipinski definition) is 2. The lowest BCUT2D eigenvalue weighted by Crippen LogP contribution is -2.14. The number of rotatable bonds is 7. The van der Waals surface area contributed by atoms with E-state index >= 15 is 0 Å². The molecule has 166 valence electrons. The summed E-state index contributed by atoms with van der Waals surface area (Å²) < 4.78 is 27.8. The van der Waals surface area contributed by atoms with Gasteiger partial charge in [-0.3, -0.25) is 19.6 Å². The lowest BCUT2D eigenvalue weighted by atomic mass is 10.2. The van der Waals surface area contributed by atoms with Crippen molar-refractivity contribution in [1.29, 1.82) is 0 Å². The van der Waals surface area contributed by atoms with E-state index in [0.29, 0.717) is 10.6 Å². The number of nitrogens with one attached hydrogen (secondary N) is 2. The second kappa shape index (κ2) is 9.18. The summed E-state index contributed by atoms with van der Waals surface area (Å²) in [5, 5.41) is 15.1. The van der Waals surface area contributed by atoms with Gasteiger partial charge >= 0.3 is 5.00 Å². The Balaban J connectivity index is 1.41. The smallest absolute Gasteiger partial charge is 0.323 e. The third-order valence-electron chi connectivity index (χ3n) is 4.49. The van der Waals surface area contributed by atoms with Crippen LogP contribution in [0.5, 0.6) is 0 Å². The maximum Gasteiger partial charge on any atom is 0.324 e. The van der Waals surface area contributed by atoms with Crippen LogP contribution in [-0.4, -0.2) is 24.2 Å². The van der Waals surface area contributed by atoms with E-state index in [1.807, 2.05) is 24.3 Å². The number of hydrogen-bond acceptors (Lipinski definition) is 7. The van der Waals surface area contributed by atoms with Crippen LogP contribution in [0.4, 0.5) is 16.5 Å². The minimum atomic E-state index is -3.87. The summed E-state index contributed by atoms with van der Waals surface area (Å²) >= 11 is 0.950. The highest BCUT2D eigenvalue weighted by Gasteiger charge is 2.15. The molecule has 0 spiro atoms. The molecule has 2 aromatic carbocycles. The third kappa shape index (κ3) is 5.40. The van der Waals surface area contributed by atoms with Gasteiger partial charge in [0.25, 0.3) is 10.0 Å². The zero-order chi connectivity index (χ0) is 23.4. The maximum absolute atomic E-state index is 12.7. The predicted molar refractivity (Wildman–Crippen MR) is 128 cm³/mol. The van der Waals surface area contributed by atoms with E-state index < -0.39 is 20.9 Å². The summed E-state index contributed by atoms with van der Waals surface area (Å²) in [6.07, 6.45) is 4.30. The minimum Gasteiger partial charge on any atom is -0.323 e. The Morgan fingerprint density at radius 2 is 1.76 bits per heavy atom. The van der Waals surface area contributed by atoms with Gasteiger partial charge < -0.3 is 5.32 Å². The molecular formula is C22H16N4O5S2. The molecule has 0 aliphatic heterocycles. The van der Waals surface area contributed by atoms with Crippen molar-refractivity contribution in [2.75, 3.05) is 10.0 Å². The van der Waals surface area contributed by atoms with Crippen molar-refractivity contribution < 1.29 is 18.1 Å². The number of anilines is 2. The molecule has 0 unspecified atom stereocenters. The Labute approximate surface area is 192 Å². The van der Waals surface area contributed by atoms with E-state index in [-0.39, 0.29) is 15.7 Å². The standard InChI is InChI=1S/C22H16N4O5S2/c27-21(11-7-18-8-12-22(32-18)26(28)29)24-17-5-9-19(10-6-17)33(30,31)25-20-13-15-3-1-2-4-16(15)14-23-20/h1-14H,(H,23,25)(H,24,27)/b11-7+. The van der Waals surface area contributed by atoms with Crippen LogP contribution in [0, 0.1) is 10.1 Å². The first-order chi connectivity index (χ1) is 15.8. The van der Waals surface area contributed by atoms with E-state index in [1.54, 1.807) is 18.3 Å². The number of thiophene rings is 1. The molecule has 0 aliphatic rings. The summed E-state index contributed by atoms with van der Waals surface area (Å²) in [7, 11) is -3.87. The van der Waals surface area contributed by atoms with Crippen LogP contribution in [-0.2, 0) is 14.8 Å². The normalized spacial score (nSPS) is 11.5. The highest BCUT2D eigenvalue weighted by atomic mass is 32.2. The number of amides is 1. The molecule has 11 heteroatoms. The average molecular weight is 481 g/mol. The van der Waals surface area contributed by atoms with Gasteiger partial charge in [-0.15, -0.1) is 0 Å². The molecule has 9 nitrogen and oxygen atoms in total. The number of nitro groups is 1. The summed E-state index contributed by atoms with van der Waals surface area (Å²) in [5.41, 5.74) is 0.393. The van der Waals surface area contributed by atoms with Crippen LogP contribution < -0.4 is 10.0 Å². The summed E-state index contributed by atoms with van der Waals surface area (Å²) in [6, 6.07) is 17.7. The quantitative estimate of drug-likeness (QED) is 0.225. The van der Waals surface area contributed by atoms with Crippen molar-refractivity contribution in [3.8, 4) is 0 Å². The number of aromatic nitrogens is 1. The second-order valence-electron chi connectivity index (χ2n) is 6.80. The van der Waals surface area contributed by atoms with Crippen molar-refractivity contribution in [3.63, 3.8) is 0 Å². The number of nitrogens with zero attached hydrogens (tertiary/aromatic N) is 2. The SMILES string of the molecule is O=C(/C=C/c1ccc([N+](=O)[O-])s1)Nc1ccc(S(=O)(=O)Nc2cc3ccccc3cn2)cc1. The Morgan fingerprint density at radius 1 is 1.03 bits per heavy atom. The third-order valence-corrected chi connectivity index (χ3v) is 6.87. The average Bonchev–Trinajstić information content (AvgIpc) is 3.27. The monoisotopic (exact) mass is 480 g/mol. The summed E-state index contributed by atoms with van der Waals surface area (Å²) in [4.78, 5) is 27.0. The van der Waals surface area contributed by atoms with E-state index in [4.69, 9.17) is 0 Å². The lowest BCUT2D eigenvalue weighted by molar-refractivity contribution is -0.380. The van der Waals surface area contributed by atoms with Crippen molar-refractivity contribution >= 4 is 60.6 Å². The van der Waals surface area contributed by atoms with Gasteiger partial charge in [0.2, 0.25) is 5.91 Å². The molecule has 2 aromatic heterocycles. The Kier molecular flexibility index (Phi) is 6.16. The molecule has 4 aromatic rings. The molecule has 0 saturated heterocycles. The van der Waals surface area contributed by atoms with Gasteiger partial charge in [-0.25, -0.2) is 13.4 Å². The Bertz CT molecular complexity index is 1480. The topological polar surface area (TPSA) is 131 Å². The van der Waals surface area contributed by atoms with E-state index in [9.17, 15) is 23.3 Å². The molecule has 4 rings (SSSR count). The van der Waals surface area contributed by atoms with E-state index in [1.165, 1.54) is 42.5 Å². The first kappa shape index (κ1) is 22.1. The molecule has 33 heavy (non-hydrogen) atoms. The molecular weight excluding hydrogens is 464 g/mol. The molecule has 0 bridgehead atoms. The highest BCUT2D eigenvalue weighted by Crippen LogP contribution is 2.25. The Morgan fingerprint density at radius 3 is 2.45 bits per heavy atom. The fourth-order valence-corrected chi connectivity index (χ4v) is 4.65. The van der Waals surface area contributed by atoms with Crippen molar-refractivity contribution in [2.45, 2.75) is 4.90 Å². The number of carbonyl (C=O) groups excluding carboxylic acids is 1.